The summed E-state index contributed by atoms with van der Waals surface area (Å²) in [5, 5.41) is 5.94. The van der Waals surface area contributed by atoms with Gasteiger partial charge >= 0.3 is 0 Å². The number of carbonyl (C=O) groups excluding carboxylic acids is 1. The quantitative estimate of drug-likeness (QED) is 0.772. The summed E-state index contributed by atoms with van der Waals surface area (Å²) in [5.41, 5.74) is 0.766. The summed E-state index contributed by atoms with van der Waals surface area (Å²) in [7, 11) is 5.03. The molecule has 0 aliphatic heterocycles. The van der Waals surface area contributed by atoms with Crippen molar-refractivity contribution in [3.05, 3.63) is 23.8 Å². The number of nitrogens with one attached hydrogen (secondary N) is 2. The van der Waals surface area contributed by atoms with Crippen molar-refractivity contribution < 1.29 is 14.3 Å². The first kappa shape index (κ1) is 15.3. The van der Waals surface area contributed by atoms with Crippen molar-refractivity contribution in [3.8, 4) is 11.5 Å². The van der Waals surface area contributed by atoms with E-state index < -0.39 is 0 Å². The van der Waals surface area contributed by atoms with Gasteiger partial charge in [-0.15, -0.1) is 0 Å². The zero-order valence-electron chi connectivity index (χ0n) is 11.9. The highest BCUT2D eigenvalue weighted by molar-refractivity contribution is 5.80. The third-order valence-electron chi connectivity index (χ3n) is 2.97. The van der Waals surface area contributed by atoms with Gasteiger partial charge in [0.1, 0.15) is 11.5 Å². The molecule has 0 spiro atoms. The van der Waals surface area contributed by atoms with Crippen LogP contribution in [0.3, 0.4) is 0 Å². The molecule has 1 aromatic carbocycles. The van der Waals surface area contributed by atoms with Crippen molar-refractivity contribution >= 4 is 5.91 Å². The van der Waals surface area contributed by atoms with E-state index in [0.29, 0.717) is 18.0 Å². The van der Waals surface area contributed by atoms with Crippen molar-refractivity contribution in [1.29, 1.82) is 0 Å². The van der Waals surface area contributed by atoms with Crippen LogP contribution in [0.15, 0.2) is 18.2 Å². The van der Waals surface area contributed by atoms with Crippen LogP contribution < -0.4 is 20.1 Å². The predicted octanol–water partition coefficient (Wildman–Crippen LogP) is 0.970. The van der Waals surface area contributed by atoms with Crippen LogP contribution in [0.4, 0.5) is 0 Å². The largest absolute Gasteiger partial charge is 0.496 e. The average Bonchev–Trinajstić information content (AvgIpc) is 2.44. The monoisotopic (exact) mass is 266 g/mol. The lowest BCUT2D eigenvalue weighted by Gasteiger charge is -2.14. The minimum absolute atomic E-state index is 0.0510. The van der Waals surface area contributed by atoms with E-state index in [2.05, 4.69) is 10.6 Å². The van der Waals surface area contributed by atoms with Gasteiger partial charge in [0.05, 0.1) is 20.6 Å². The Hall–Kier alpha value is -1.75. The standard InChI is InChI=1S/C14H22N2O3/c1-10(15-2)9-16-14(17)8-11-12(18-3)6-5-7-13(11)19-4/h5-7,10,15H,8-9H2,1-4H3,(H,16,17). The molecule has 1 amide bonds. The smallest absolute Gasteiger partial charge is 0.224 e. The number of methoxy groups -OCH3 is 2. The summed E-state index contributed by atoms with van der Waals surface area (Å²) in [6.07, 6.45) is 0.240. The van der Waals surface area contributed by atoms with Gasteiger partial charge < -0.3 is 20.1 Å². The molecular formula is C14H22N2O3. The molecule has 2 N–H and O–H groups in total. The number of rotatable bonds is 7. The first-order chi connectivity index (χ1) is 9.12. The Bertz CT molecular complexity index is 399. The molecule has 0 saturated heterocycles. The first-order valence-corrected chi connectivity index (χ1v) is 6.26. The fourth-order valence-corrected chi connectivity index (χ4v) is 1.69. The molecule has 0 heterocycles. The van der Waals surface area contributed by atoms with Gasteiger partial charge in [-0.25, -0.2) is 0 Å². The van der Waals surface area contributed by atoms with Gasteiger partial charge in [-0.05, 0) is 26.1 Å². The number of amides is 1. The lowest BCUT2D eigenvalue weighted by Crippen LogP contribution is -2.37. The Morgan fingerprint density at radius 2 is 1.84 bits per heavy atom. The van der Waals surface area contributed by atoms with E-state index in [9.17, 15) is 4.79 Å². The minimum Gasteiger partial charge on any atom is -0.496 e. The van der Waals surface area contributed by atoms with E-state index in [1.165, 1.54) is 0 Å². The lowest BCUT2D eigenvalue weighted by molar-refractivity contribution is -0.120. The molecule has 1 unspecified atom stereocenters. The Kier molecular flexibility index (Phi) is 6.15. The summed E-state index contributed by atoms with van der Waals surface area (Å²) in [6, 6.07) is 5.72. The number of likely N-dealkylation sites (N-methyl/N-ethyl adjacent to an activating group) is 1. The zero-order chi connectivity index (χ0) is 14.3. The molecule has 0 radical (unpaired) electrons. The SMILES string of the molecule is CNC(C)CNC(=O)Cc1c(OC)cccc1OC. The fourth-order valence-electron chi connectivity index (χ4n) is 1.69. The molecule has 0 fully saturated rings. The van der Waals surface area contributed by atoms with Crippen molar-refractivity contribution in [3.63, 3.8) is 0 Å². The average molecular weight is 266 g/mol. The molecule has 106 valence electrons. The van der Waals surface area contributed by atoms with Gasteiger partial charge in [-0.1, -0.05) is 6.07 Å². The third-order valence-corrected chi connectivity index (χ3v) is 2.97. The Balaban J connectivity index is 2.72. The molecule has 0 aromatic heterocycles. The van der Waals surface area contributed by atoms with E-state index in [-0.39, 0.29) is 18.4 Å². The second-order valence-corrected chi connectivity index (χ2v) is 4.31. The van der Waals surface area contributed by atoms with E-state index in [1.807, 2.05) is 32.2 Å². The van der Waals surface area contributed by atoms with Crippen LogP contribution in [0.1, 0.15) is 12.5 Å². The topological polar surface area (TPSA) is 59.6 Å². The zero-order valence-corrected chi connectivity index (χ0v) is 11.9. The van der Waals surface area contributed by atoms with Crippen LogP contribution in [-0.4, -0.2) is 39.8 Å². The van der Waals surface area contributed by atoms with Gasteiger partial charge in [0.2, 0.25) is 5.91 Å². The van der Waals surface area contributed by atoms with Crippen molar-refractivity contribution in [1.82, 2.24) is 10.6 Å². The number of hydrogen-bond donors (Lipinski definition) is 2. The lowest BCUT2D eigenvalue weighted by atomic mass is 10.1. The van der Waals surface area contributed by atoms with Crippen molar-refractivity contribution in [2.24, 2.45) is 0 Å². The molecule has 5 heteroatoms. The van der Waals surface area contributed by atoms with Crippen molar-refractivity contribution in [2.45, 2.75) is 19.4 Å². The maximum absolute atomic E-state index is 11.9. The van der Waals surface area contributed by atoms with Crippen LogP contribution in [0.2, 0.25) is 0 Å². The second kappa shape index (κ2) is 7.63. The summed E-state index contributed by atoms with van der Waals surface area (Å²) < 4.78 is 10.5. The predicted molar refractivity (Wildman–Crippen MR) is 74.8 cm³/mol. The van der Waals surface area contributed by atoms with Crippen LogP contribution in [0, 0.1) is 0 Å². The summed E-state index contributed by atoms with van der Waals surface area (Å²) in [6.45, 7) is 2.59. The molecule has 0 aliphatic rings. The molecule has 1 aromatic rings. The third kappa shape index (κ3) is 4.44. The Morgan fingerprint density at radius 3 is 2.32 bits per heavy atom. The van der Waals surface area contributed by atoms with Crippen molar-refractivity contribution in [2.75, 3.05) is 27.8 Å². The summed E-state index contributed by atoms with van der Waals surface area (Å²) >= 11 is 0. The van der Waals surface area contributed by atoms with E-state index in [4.69, 9.17) is 9.47 Å². The summed E-state index contributed by atoms with van der Waals surface area (Å²) in [4.78, 5) is 11.9. The number of hydrogen-bond acceptors (Lipinski definition) is 4. The molecule has 1 atom stereocenters. The first-order valence-electron chi connectivity index (χ1n) is 6.26. The van der Waals surface area contributed by atoms with Gasteiger partial charge in [0.15, 0.2) is 0 Å². The normalized spacial score (nSPS) is 11.8. The van der Waals surface area contributed by atoms with Gasteiger partial charge in [0.25, 0.3) is 0 Å². The van der Waals surface area contributed by atoms with E-state index >= 15 is 0 Å². The molecule has 0 aliphatic carbocycles. The maximum atomic E-state index is 11.9. The van der Waals surface area contributed by atoms with Crippen LogP contribution in [0.25, 0.3) is 0 Å². The minimum atomic E-state index is -0.0510. The van der Waals surface area contributed by atoms with Crippen LogP contribution in [-0.2, 0) is 11.2 Å². The number of benzene rings is 1. The molecule has 0 saturated carbocycles. The Labute approximate surface area is 114 Å². The van der Waals surface area contributed by atoms with Crippen LogP contribution in [0.5, 0.6) is 11.5 Å². The Morgan fingerprint density at radius 1 is 1.26 bits per heavy atom. The van der Waals surface area contributed by atoms with Gasteiger partial charge in [-0.2, -0.15) is 0 Å². The maximum Gasteiger partial charge on any atom is 0.224 e. The molecule has 1 rings (SSSR count). The second-order valence-electron chi connectivity index (χ2n) is 4.31. The highest BCUT2D eigenvalue weighted by Gasteiger charge is 2.14. The molecule has 19 heavy (non-hydrogen) atoms. The highest BCUT2D eigenvalue weighted by atomic mass is 16.5. The summed E-state index contributed by atoms with van der Waals surface area (Å²) in [5.74, 6) is 1.28. The van der Waals surface area contributed by atoms with Gasteiger partial charge in [0, 0.05) is 18.2 Å². The highest BCUT2D eigenvalue weighted by Crippen LogP contribution is 2.28. The fraction of sp³-hybridized carbons (Fsp3) is 0.500. The van der Waals surface area contributed by atoms with E-state index in [1.54, 1.807) is 14.2 Å². The number of carbonyl (C=O) groups is 1. The molecular weight excluding hydrogens is 244 g/mol. The molecule has 0 bridgehead atoms. The molecule has 5 nitrogen and oxygen atoms in total. The van der Waals surface area contributed by atoms with Crippen LogP contribution >= 0.6 is 0 Å². The van der Waals surface area contributed by atoms with Gasteiger partial charge in [-0.3, -0.25) is 4.79 Å². The van der Waals surface area contributed by atoms with E-state index in [0.717, 1.165) is 5.56 Å². The number of ether oxygens (including phenoxy) is 2.